The first kappa shape index (κ1) is 45.5. The van der Waals surface area contributed by atoms with Gasteiger partial charge in [-0.05, 0) is 164 Å². The van der Waals surface area contributed by atoms with Crippen molar-refractivity contribution >= 4 is 40.1 Å². The fourth-order valence-electron chi connectivity index (χ4n) is 10.9. The average molecular weight is 890 g/mol. The molecule has 2 heteroatoms. The standard InChI is InChI=1S/C63H58NP.C2H6/c1-8-20-48-24-15-16-27-57(48)56-31-19-30-55(45(56)4)54-29-18-28-53(44(54)3)49-35-40-60-58-39-38-52(41-61(58)65(60,7)42-49)64(51-36-33-47(34-37-51)46-22-11-9-12-23-46)59-32-17-21-43(2)62(59)63(5,6)50-25-13-10-14-26-50;1-2/h9-19,21-42H,8,20H2,1-7H3;1-2H3. The van der Waals surface area contributed by atoms with Gasteiger partial charge in [0.25, 0.3) is 0 Å². The molecule has 2 aliphatic heterocycles. The molecule has 0 radical (unpaired) electrons. The molecule has 2 heterocycles. The molecule has 0 bridgehead atoms. The molecule has 8 aromatic carbocycles. The molecule has 334 valence electrons. The summed E-state index contributed by atoms with van der Waals surface area (Å²) in [5.41, 5.74) is 23.0. The van der Waals surface area contributed by atoms with E-state index in [1.807, 2.05) is 13.8 Å². The lowest BCUT2D eigenvalue weighted by molar-refractivity contribution is 0.636. The lowest BCUT2D eigenvalue weighted by Gasteiger charge is -2.40. The van der Waals surface area contributed by atoms with Crippen LogP contribution in [0.25, 0.3) is 39.0 Å². The maximum atomic E-state index is 2.64. The topological polar surface area (TPSA) is 3.24 Å². The number of allylic oxidation sites excluding steroid dienone is 3. The molecule has 0 saturated carbocycles. The van der Waals surface area contributed by atoms with Gasteiger partial charge < -0.3 is 4.90 Å². The maximum absolute atomic E-state index is 2.64. The molecule has 1 atom stereocenters. The molecule has 2 aliphatic rings. The molecule has 0 N–H and O–H groups in total. The number of rotatable bonds is 11. The fourth-order valence-corrected chi connectivity index (χ4v) is 14.2. The second kappa shape index (κ2) is 18.9. The zero-order chi connectivity index (χ0) is 46.9. The first-order chi connectivity index (χ1) is 32.6. The normalized spacial score (nSPS) is 14.8. The Morgan fingerprint density at radius 2 is 1.06 bits per heavy atom. The van der Waals surface area contributed by atoms with Crippen LogP contribution in [0.2, 0.25) is 0 Å². The van der Waals surface area contributed by atoms with Gasteiger partial charge in [0.05, 0.1) is 5.69 Å². The van der Waals surface area contributed by atoms with Crippen LogP contribution in [0, 0.1) is 20.8 Å². The highest BCUT2D eigenvalue weighted by molar-refractivity contribution is 7.88. The summed E-state index contributed by atoms with van der Waals surface area (Å²) in [6, 6.07) is 67.6. The van der Waals surface area contributed by atoms with E-state index in [2.05, 4.69) is 253 Å². The van der Waals surface area contributed by atoms with E-state index >= 15 is 0 Å². The molecule has 0 spiro atoms. The molecule has 8 aromatic rings. The second-order valence-electron chi connectivity index (χ2n) is 18.7. The van der Waals surface area contributed by atoms with Gasteiger partial charge in [-0.2, -0.15) is 0 Å². The van der Waals surface area contributed by atoms with Crippen LogP contribution < -0.4 is 10.2 Å². The number of fused-ring (bicyclic) bond motifs is 3. The lowest BCUT2D eigenvalue weighted by atomic mass is 9.75. The summed E-state index contributed by atoms with van der Waals surface area (Å²) in [5, 5.41) is 2.96. The molecule has 0 saturated heterocycles. The van der Waals surface area contributed by atoms with Crippen molar-refractivity contribution in [1.29, 1.82) is 0 Å². The molecule has 0 fully saturated rings. The van der Waals surface area contributed by atoms with Crippen LogP contribution >= 0.6 is 6.89 Å². The maximum Gasteiger partial charge on any atom is 0.0505 e. The summed E-state index contributed by atoms with van der Waals surface area (Å²) in [5.74, 6) is 2.64. The van der Waals surface area contributed by atoms with Crippen LogP contribution in [-0.4, -0.2) is 12.0 Å². The Morgan fingerprint density at radius 3 is 1.75 bits per heavy atom. The summed E-state index contributed by atoms with van der Waals surface area (Å²) in [4.78, 5) is 2.52. The van der Waals surface area contributed by atoms with Gasteiger partial charge >= 0.3 is 0 Å². The van der Waals surface area contributed by atoms with E-state index in [1.54, 1.807) is 0 Å². The third kappa shape index (κ3) is 8.19. The Morgan fingerprint density at radius 1 is 0.507 bits per heavy atom. The summed E-state index contributed by atoms with van der Waals surface area (Å²) in [6.07, 6.45) is 7.01. The number of aryl methyl sites for hydroxylation is 2. The van der Waals surface area contributed by atoms with Crippen molar-refractivity contribution in [3.8, 4) is 33.4 Å². The quantitative estimate of drug-likeness (QED) is 0.117. The van der Waals surface area contributed by atoms with Gasteiger partial charge in [-0.3, -0.25) is 0 Å². The number of hydrogen-bond donors (Lipinski definition) is 0. The van der Waals surface area contributed by atoms with Crippen molar-refractivity contribution in [3.05, 3.63) is 244 Å². The van der Waals surface area contributed by atoms with Gasteiger partial charge in [-0.25, -0.2) is 0 Å². The third-order valence-electron chi connectivity index (χ3n) is 14.3. The van der Waals surface area contributed by atoms with Crippen LogP contribution in [0.15, 0.2) is 200 Å². The fraction of sp³-hybridized carbons (Fsp3) is 0.185. The van der Waals surface area contributed by atoms with Crippen LogP contribution in [0.1, 0.15) is 85.5 Å². The van der Waals surface area contributed by atoms with Crippen molar-refractivity contribution in [2.24, 2.45) is 0 Å². The Bertz CT molecular complexity index is 3220. The minimum atomic E-state index is -1.79. The SMILES string of the molecule is CC.CCCc1ccccc1-c1cccc(-c2cccc(C3=CP4(C)=C(C=C3)c3ccc(N(c5ccc(-c6ccccc6)cc5)c5cccc(C)c5C(C)(C)c5ccccc5)cc34)c2C)c1C. The van der Waals surface area contributed by atoms with Crippen molar-refractivity contribution < 1.29 is 0 Å². The van der Waals surface area contributed by atoms with E-state index in [1.165, 1.54) is 105 Å². The minimum Gasteiger partial charge on any atom is -0.310 e. The average Bonchev–Trinajstić information content (AvgIpc) is 3.36. The lowest BCUT2D eigenvalue weighted by Crippen LogP contribution is -2.30. The molecule has 67 heavy (non-hydrogen) atoms. The van der Waals surface area contributed by atoms with Crippen LogP contribution in [0.3, 0.4) is 0 Å². The van der Waals surface area contributed by atoms with Crippen LogP contribution in [0.4, 0.5) is 17.1 Å². The van der Waals surface area contributed by atoms with E-state index in [0.29, 0.717) is 0 Å². The van der Waals surface area contributed by atoms with Crippen molar-refractivity contribution in [3.63, 3.8) is 0 Å². The molecular formula is C65H64NP. The van der Waals surface area contributed by atoms with Gasteiger partial charge in [0.1, 0.15) is 0 Å². The first-order valence-corrected chi connectivity index (χ1v) is 26.6. The van der Waals surface area contributed by atoms with Crippen LogP contribution in [-0.2, 0) is 11.8 Å². The van der Waals surface area contributed by atoms with Gasteiger partial charge in [-0.15, -0.1) is 0 Å². The second-order valence-corrected chi connectivity index (χ2v) is 22.0. The summed E-state index contributed by atoms with van der Waals surface area (Å²) < 4.78 is 0. The molecule has 0 aromatic heterocycles. The van der Waals surface area contributed by atoms with E-state index in [4.69, 9.17) is 0 Å². The van der Waals surface area contributed by atoms with E-state index in [-0.39, 0.29) is 5.41 Å². The highest BCUT2D eigenvalue weighted by atomic mass is 31.2. The Hall–Kier alpha value is -6.66. The Balaban J connectivity index is 0.00000278. The number of nitrogens with zero attached hydrogens (tertiary/aromatic N) is 1. The van der Waals surface area contributed by atoms with Crippen molar-refractivity contribution in [2.45, 2.75) is 73.6 Å². The molecule has 1 nitrogen and oxygen atoms in total. The predicted octanol–water partition coefficient (Wildman–Crippen LogP) is 17.8. The molecule has 1 unspecified atom stereocenters. The van der Waals surface area contributed by atoms with Gasteiger partial charge in [0, 0.05) is 16.8 Å². The number of anilines is 3. The van der Waals surface area contributed by atoms with Crippen molar-refractivity contribution in [1.82, 2.24) is 0 Å². The first-order valence-electron chi connectivity index (χ1n) is 24.3. The highest BCUT2D eigenvalue weighted by Gasteiger charge is 2.36. The zero-order valence-electron chi connectivity index (χ0n) is 40.9. The summed E-state index contributed by atoms with van der Waals surface area (Å²) in [6.45, 7) is 18.6. The largest absolute Gasteiger partial charge is 0.310 e. The predicted molar refractivity (Wildman–Crippen MR) is 296 cm³/mol. The van der Waals surface area contributed by atoms with Gasteiger partial charge in [0.15, 0.2) is 0 Å². The summed E-state index contributed by atoms with van der Waals surface area (Å²) in [7, 11) is 0. The monoisotopic (exact) mass is 889 g/mol. The minimum absolute atomic E-state index is 0.248. The van der Waals surface area contributed by atoms with E-state index in [9.17, 15) is 0 Å². The molecule has 0 amide bonds. The zero-order valence-corrected chi connectivity index (χ0v) is 41.8. The van der Waals surface area contributed by atoms with Crippen LogP contribution in [0.5, 0.6) is 0 Å². The van der Waals surface area contributed by atoms with E-state index < -0.39 is 6.89 Å². The third-order valence-corrected chi connectivity index (χ3v) is 17.8. The number of benzene rings is 8. The molecule has 10 rings (SSSR count). The number of hydrogen-bond acceptors (Lipinski definition) is 1. The summed E-state index contributed by atoms with van der Waals surface area (Å²) >= 11 is 0. The highest BCUT2D eigenvalue weighted by Crippen LogP contribution is 2.59. The molecular weight excluding hydrogens is 826 g/mol. The Kier molecular flexibility index (Phi) is 12.8. The van der Waals surface area contributed by atoms with E-state index in [0.717, 1.165) is 18.5 Å². The van der Waals surface area contributed by atoms with Crippen molar-refractivity contribution in [2.75, 3.05) is 11.6 Å². The Labute approximate surface area is 401 Å². The van der Waals surface area contributed by atoms with Gasteiger partial charge in [0.2, 0.25) is 0 Å². The smallest absolute Gasteiger partial charge is 0.0505 e. The van der Waals surface area contributed by atoms with Gasteiger partial charge in [-0.1, -0.05) is 212 Å². The molecule has 0 aliphatic carbocycles.